The maximum absolute atomic E-state index is 11.6. The third-order valence-corrected chi connectivity index (χ3v) is 2.86. The van der Waals surface area contributed by atoms with Crippen LogP contribution < -0.4 is 10.5 Å². The van der Waals surface area contributed by atoms with Crippen molar-refractivity contribution in [1.82, 2.24) is 9.97 Å². The standard InChI is InChI=1S/C14H15N3O3/c1-8-11(14(18)20-3)12(15)17-13(16-8)9-4-6-10(19-2)7-5-9/h4-7H,1-3H3,(H2,15,16,17). The van der Waals surface area contributed by atoms with Gasteiger partial charge in [-0.15, -0.1) is 0 Å². The number of rotatable bonds is 3. The van der Waals surface area contributed by atoms with Crippen LogP contribution >= 0.6 is 0 Å². The molecule has 0 radical (unpaired) electrons. The Morgan fingerprint density at radius 3 is 2.30 bits per heavy atom. The van der Waals surface area contributed by atoms with Crippen LogP contribution in [0.4, 0.5) is 5.82 Å². The summed E-state index contributed by atoms with van der Waals surface area (Å²) >= 11 is 0. The number of nitrogens with two attached hydrogens (primary N) is 1. The lowest BCUT2D eigenvalue weighted by Gasteiger charge is -2.09. The Bertz CT molecular complexity index is 616. The fourth-order valence-corrected chi connectivity index (χ4v) is 1.82. The van der Waals surface area contributed by atoms with Gasteiger partial charge in [-0.3, -0.25) is 0 Å². The first-order valence-electron chi connectivity index (χ1n) is 5.93. The number of carbonyl (C=O) groups excluding carboxylic acids is 1. The number of methoxy groups -OCH3 is 2. The van der Waals surface area contributed by atoms with Gasteiger partial charge < -0.3 is 15.2 Å². The molecule has 0 aliphatic heterocycles. The van der Waals surface area contributed by atoms with Crippen molar-refractivity contribution in [3.05, 3.63) is 35.5 Å². The number of anilines is 1. The zero-order valence-corrected chi connectivity index (χ0v) is 11.5. The Hall–Kier alpha value is -2.63. The van der Waals surface area contributed by atoms with E-state index in [4.69, 9.17) is 10.5 Å². The smallest absolute Gasteiger partial charge is 0.343 e. The normalized spacial score (nSPS) is 10.2. The maximum atomic E-state index is 11.6. The summed E-state index contributed by atoms with van der Waals surface area (Å²) in [5, 5.41) is 0. The average Bonchev–Trinajstić information content (AvgIpc) is 2.46. The van der Waals surface area contributed by atoms with E-state index in [-0.39, 0.29) is 11.4 Å². The van der Waals surface area contributed by atoms with Gasteiger partial charge in [-0.05, 0) is 31.2 Å². The van der Waals surface area contributed by atoms with Crippen LogP contribution in [0, 0.1) is 6.92 Å². The first-order valence-corrected chi connectivity index (χ1v) is 5.93. The zero-order valence-electron chi connectivity index (χ0n) is 11.5. The van der Waals surface area contributed by atoms with Crippen molar-refractivity contribution in [1.29, 1.82) is 0 Å². The Labute approximate surface area is 116 Å². The minimum Gasteiger partial charge on any atom is -0.497 e. The number of aryl methyl sites for hydroxylation is 1. The molecule has 1 heterocycles. The molecule has 0 amide bonds. The number of nitrogens with zero attached hydrogens (tertiary/aromatic N) is 2. The Morgan fingerprint density at radius 1 is 1.15 bits per heavy atom. The molecule has 0 unspecified atom stereocenters. The zero-order chi connectivity index (χ0) is 14.7. The van der Waals surface area contributed by atoms with Crippen molar-refractivity contribution >= 4 is 11.8 Å². The van der Waals surface area contributed by atoms with Crippen LogP contribution in [0.3, 0.4) is 0 Å². The molecule has 0 aliphatic rings. The van der Waals surface area contributed by atoms with Crippen LogP contribution in [-0.2, 0) is 4.74 Å². The number of nitrogen functional groups attached to an aromatic ring is 1. The summed E-state index contributed by atoms with van der Waals surface area (Å²) in [6.07, 6.45) is 0. The van der Waals surface area contributed by atoms with Crippen LogP contribution in [0.2, 0.25) is 0 Å². The number of esters is 1. The van der Waals surface area contributed by atoms with Crippen LogP contribution in [-0.4, -0.2) is 30.2 Å². The highest BCUT2D eigenvalue weighted by Gasteiger charge is 2.17. The molecular formula is C14H15N3O3. The van der Waals surface area contributed by atoms with Crippen LogP contribution in [0.1, 0.15) is 16.1 Å². The monoisotopic (exact) mass is 273 g/mol. The van der Waals surface area contributed by atoms with Gasteiger partial charge in [0.05, 0.1) is 19.9 Å². The highest BCUT2D eigenvalue weighted by atomic mass is 16.5. The molecule has 2 N–H and O–H groups in total. The molecule has 2 rings (SSSR count). The molecule has 0 fully saturated rings. The second-order valence-corrected chi connectivity index (χ2v) is 4.11. The lowest BCUT2D eigenvalue weighted by Crippen LogP contribution is -2.12. The third kappa shape index (κ3) is 2.54. The summed E-state index contributed by atoms with van der Waals surface area (Å²) in [7, 11) is 2.89. The van der Waals surface area contributed by atoms with Crippen molar-refractivity contribution in [2.24, 2.45) is 0 Å². The molecular weight excluding hydrogens is 258 g/mol. The number of aromatic nitrogens is 2. The van der Waals surface area contributed by atoms with Crippen molar-refractivity contribution in [2.45, 2.75) is 6.92 Å². The number of ether oxygens (including phenoxy) is 2. The summed E-state index contributed by atoms with van der Waals surface area (Å²) in [4.78, 5) is 20.0. The lowest BCUT2D eigenvalue weighted by molar-refractivity contribution is 0.0600. The lowest BCUT2D eigenvalue weighted by atomic mass is 10.1. The van der Waals surface area contributed by atoms with Crippen molar-refractivity contribution < 1.29 is 14.3 Å². The van der Waals surface area contributed by atoms with Crippen LogP contribution in [0.25, 0.3) is 11.4 Å². The quantitative estimate of drug-likeness (QED) is 0.858. The molecule has 20 heavy (non-hydrogen) atoms. The van der Waals surface area contributed by atoms with Gasteiger partial charge in [-0.25, -0.2) is 14.8 Å². The second kappa shape index (κ2) is 5.56. The van der Waals surface area contributed by atoms with Crippen molar-refractivity contribution in [3.63, 3.8) is 0 Å². The van der Waals surface area contributed by atoms with Crippen molar-refractivity contribution in [3.8, 4) is 17.1 Å². The number of benzene rings is 1. The van der Waals surface area contributed by atoms with Gasteiger partial charge in [0.1, 0.15) is 17.1 Å². The SMILES string of the molecule is COC(=O)c1c(C)nc(-c2ccc(OC)cc2)nc1N. The predicted octanol–water partition coefficient (Wildman–Crippen LogP) is 1.83. The van der Waals surface area contributed by atoms with Gasteiger partial charge >= 0.3 is 5.97 Å². The molecule has 1 aromatic carbocycles. The minimum atomic E-state index is -0.540. The average molecular weight is 273 g/mol. The van der Waals surface area contributed by atoms with E-state index < -0.39 is 5.97 Å². The number of hydrogen-bond acceptors (Lipinski definition) is 6. The molecule has 2 aromatic rings. The summed E-state index contributed by atoms with van der Waals surface area (Å²) in [6.45, 7) is 1.69. The van der Waals surface area contributed by atoms with E-state index in [0.717, 1.165) is 11.3 Å². The van der Waals surface area contributed by atoms with E-state index in [1.54, 1.807) is 26.2 Å². The van der Waals surface area contributed by atoms with Gasteiger partial charge in [0.15, 0.2) is 5.82 Å². The summed E-state index contributed by atoms with van der Waals surface area (Å²) in [6, 6.07) is 7.26. The Morgan fingerprint density at radius 2 is 1.80 bits per heavy atom. The molecule has 0 spiro atoms. The van der Waals surface area contributed by atoms with E-state index in [2.05, 4.69) is 14.7 Å². The van der Waals surface area contributed by atoms with Gasteiger partial charge in [0.25, 0.3) is 0 Å². The highest BCUT2D eigenvalue weighted by Crippen LogP contribution is 2.23. The first kappa shape index (κ1) is 13.8. The topological polar surface area (TPSA) is 87.3 Å². The number of carbonyl (C=O) groups is 1. The van der Waals surface area contributed by atoms with Gasteiger partial charge in [-0.2, -0.15) is 0 Å². The first-order chi connectivity index (χ1) is 9.56. The minimum absolute atomic E-state index is 0.107. The van der Waals surface area contributed by atoms with Gasteiger partial charge in [0.2, 0.25) is 0 Å². The van der Waals surface area contributed by atoms with Crippen LogP contribution in [0.15, 0.2) is 24.3 Å². The molecule has 1 aromatic heterocycles. The largest absolute Gasteiger partial charge is 0.497 e. The third-order valence-electron chi connectivity index (χ3n) is 2.86. The highest BCUT2D eigenvalue weighted by molar-refractivity contribution is 5.95. The van der Waals surface area contributed by atoms with E-state index in [1.807, 2.05) is 12.1 Å². The number of hydrogen-bond donors (Lipinski definition) is 1. The summed E-state index contributed by atoms with van der Waals surface area (Å²) in [5.74, 6) is 0.761. The van der Waals surface area contributed by atoms with E-state index in [9.17, 15) is 4.79 Å². The fraction of sp³-hybridized carbons (Fsp3) is 0.214. The molecule has 0 atom stereocenters. The fourth-order valence-electron chi connectivity index (χ4n) is 1.82. The Balaban J connectivity index is 2.46. The van der Waals surface area contributed by atoms with Gasteiger partial charge in [0, 0.05) is 5.56 Å². The summed E-state index contributed by atoms with van der Waals surface area (Å²) < 4.78 is 9.75. The second-order valence-electron chi connectivity index (χ2n) is 4.11. The molecule has 0 saturated carbocycles. The molecule has 0 saturated heterocycles. The molecule has 0 bridgehead atoms. The summed E-state index contributed by atoms with van der Waals surface area (Å²) in [5.41, 5.74) is 7.28. The van der Waals surface area contributed by atoms with E-state index >= 15 is 0 Å². The molecule has 6 heteroatoms. The molecule has 104 valence electrons. The van der Waals surface area contributed by atoms with Crippen LogP contribution in [0.5, 0.6) is 5.75 Å². The molecule has 6 nitrogen and oxygen atoms in total. The van der Waals surface area contributed by atoms with E-state index in [1.165, 1.54) is 7.11 Å². The van der Waals surface area contributed by atoms with Crippen molar-refractivity contribution in [2.75, 3.05) is 20.0 Å². The Kier molecular flexibility index (Phi) is 3.84. The maximum Gasteiger partial charge on any atom is 0.343 e. The predicted molar refractivity (Wildman–Crippen MR) is 74.5 cm³/mol. The molecule has 0 aliphatic carbocycles. The van der Waals surface area contributed by atoms with E-state index in [0.29, 0.717) is 11.5 Å². The van der Waals surface area contributed by atoms with Gasteiger partial charge in [-0.1, -0.05) is 0 Å².